The molecule has 2 aliphatic heterocycles. The molecule has 0 radical (unpaired) electrons. The molecule has 0 atom stereocenters. The van der Waals surface area contributed by atoms with E-state index in [1.54, 1.807) is 0 Å². The van der Waals surface area contributed by atoms with Crippen LogP contribution in [0.2, 0.25) is 0 Å². The summed E-state index contributed by atoms with van der Waals surface area (Å²) in [6, 6.07) is 7.79. The first-order chi connectivity index (χ1) is 14.1. The van der Waals surface area contributed by atoms with Gasteiger partial charge in [-0.05, 0) is 26.0 Å². The van der Waals surface area contributed by atoms with Crippen molar-refractivity contribution >= 4 is 17.7 Å². The molecule has 7 nitrogen and oxygen atoms in total. The number of carbonyl (C=O) groups is 1. The highest BCUT2D eigenvalue weighted by Gasteiger charge is 2.28. The molecule has 0 spiro atoms. The molecular weight excluding hydrogens is 366 g/mol. The van der Waals surface area contributed by atoms with Gasteiger partial charge >= 0.3 is 0 Å². The Morgan fingerprint density at radius 3 is 2.72 bits per heavy atom. The number of aromatic nitrogens is 2. The van der Waals surface area contributed by atoms with Crippen molar-refractivity contribution in [2.24, 2.45) is 0 Å². The highest BCUT2D eigenvalue weighted by Crippen LogP contribution is 2.29. The van der Waals surface area contributed by atoms with E-state index in [0.717, 1.165) is 60.2 Å². The third-order valence-corrected chi connectivity index (χ3v) is 5.71. The summed E-state index contributed by atoms with van der Waals surface area (Å²) in [6.45, 7) is 9.23. The Labute approximate surface area is 172 Å². The van der Waals surface area contributed by atoms with E-state index >= 15 is 0 Å². The van der Waals surface area contributed by atoms with E-state index in [9.17, 15) is 4.79 Å². The number of benzene rings is 1. The number of aryl methyl sites for hydroxylation is 1. The van der Waals surface area contributed by atoms with Gasteiger partial charge in [0.1, 0.15) is 5.82 Å². The number of rotatable bonds is 4. The molecule has 0 bridgehead atoms. The van der Waals surface area contributed by atoms with Crippen molar-refractivity contribution < 1.29 is 9.53 Å². The highest BCUT2D eigenvalue weighted by atomic mass is 16.5. The van der Waals surface area contributed by atoms with Gasteiger partial charge in [-0.15, -0.1) is 0 Å². The zero-order valence-electron chi connectivity index (χ0n) is 17.5. The van der Waals surface area contributed by atoms with Gasteiger partial charge in [-0.2, -0.15) is 4.98 Å². The van der Waals surface area contributed by atoms with Crippen LogP contribution in [0.3, 0.4) is 0 Å². The van der Waals surface area contributed by atoms with Gasteiger partial charge < -0.3 is 19.4 Å². The summed E-state index contributed by atoms with van der Waals surface area (Å²) in [6.07, 6.45) is 0.747. The maximum atomic E-state index is 13.1. The molecule has 0 saturated carbocycles. The van der Waals surface area contributed by atoms with Crippen LogP contribution >= 0.6 is 0 Å². The third-order valence-electron chi connectivity index (χ3n) is 5.71. The maximum absolute atomic E-state index is 13.1. The Hall–Kier alpha value is -2.67. The van der Waals surface area contributed by atoms with Crippen LogP contribution in [-0.2, 0) is 17.7 Å². The molecule has 0 unspecified atom stereocenters. The molecule has 29 heavy (non-hydrogen) atoms. The number of ether oxygens (including phenoxy) is 1. The van der Waals surface area contributed by atoms with Gasteiger partial charge in [0.05, 0.1) is 25.5 Å². The average Bonchev–Trinajstić information content (AvgIpc) is 2.77. The van der Waals surface area contributed by atoms with Crippen molar-refractivity contribution in [1.82, 2.24) is 14.9 Å². The summed E-state index contributed by atoms with van der Waals surface area (Å²) in [5.74, 6) is 1.78. The maximum Gasteiger partial charge on any atom is 0.254 e. The molecule has 3 heterocycles. The van der Waals surface area contributed by atoms with Crippen molar-refractivity contribution in [3.05, 3.63) is 46.6 Å². The van der Waals surface area contributed by atoms with Crippen LogP contribution in [0.1, 0.15) is 34.1 Å². The quantitative estimate of drug-likeness (QED) is 0.792. The van der Waals surface area contributed by atoms with Crippen molar-refractivity contribution in [3.8, 4) is 0 Å². The van der Waals surface area contributed by atoms with Crippen molar-refractivity contribution in [3.63, 3.8) is 0 Å². The second-order valence-corrected chi connectivity index (χ2v) is 7.73. The number of fused-ring (bicyclic) bond motifs is 1. The zero-order chi connectivity index (χ0) is 20.4. The topological polar surface area (TPSA) is 61.8 Å². The van der Waals surface area contributed by atoms with Crippen LogP contribution in [0, 0.1) is 6.92 Å². The number of hydrogen-bond acceptors (Lipinski definition) is 6. The number of morpholine rings is 1. The minimum atomic E-state index is 0.0710. The van der Waals surface area contributed by atoms with Crippen LogP contribution in [0.4, 0.5) is 11.8 Å². The fourth-order valence-electron chi connectivity index (χ4n) is 3.89. The highest BCUT2D eigenvalue weighted by molar-refractivity contribution is 5.94. The second-order valence-electron chi connectivity index (χ2n) is 7.73. The molecule has 0 aliphatic carbocycles. The van der Waals surface area contributed by atoms with Gasteiger partial charge in [-0.1, -0.05) is 17.7 Å². The molecule has 1 amide bonds. The fraction of sp³-hybridized carbons (Fsp3) is 0.500. The van der Waals surface area contributed by atoms with E-state index in [4.69, 9.17) is 14.7 Å². The largest absolute Gasteiger partial charge is 0.378 e. The first kappa shape index (κ1) is 19.6. The van der Waals surface area contributed by atoms with E-state index in [-0.39, 0.29) is 5.91 Å². The second kappa shape index (κ2) is 8.37. The predicted octanol–water partition coefficient (Wildman–Crippen LogP) is 2.28. The minimum absolute atomic E-state index is 0.0710. The molecule has 2 aromatic rings. The lowest BCUT2D eigenvalue weighted by Crippen LogP contribution is -2.40. The van der Waals surface area contributed by atoms with Gasteiger partial charge in [-0.25, -0.2) is 4.98 Å². The van der Waals surface area contributed by atoms with Crippen LogP contribution in [0.25, 0.3) is 0 Å². The Kier molecular flexibility index (Phi) is 5.67. The molecule has 1 aromatic heterocycles. The molecule has 7 heteroatoms. The van der Waals surface area contributed by atoms with Crippen LogP contribution in [0.5, 0.6) is 0 Å². The fourth-order valence-corrected chi connectivity index (χ4v) is 3.89. The first-order valence-electron chi connectivity index (χ1n) is 10.4. The van der Waals surface area contributed by atoms with Gasteiger partial charge in [0.25, 0.3) is 5.91 Å². The summed E-state index contributed by atoms with van der Waals surface area (Å²) in [5, 5.41) is 0. The molecule has 2 aliphatic rings. The monoisotopic (exact) mass is 395 g/mol. The molecule has 1 aromatic carbocycles. The molecule has 1 saturated heterocycles. The molecule has 154 valence electrons. The van der Waals surface area contributed by atoms with E-state index in [1.165, 1.54) is 0 Å². The lowest BCUT2D eigenvalue weighted by atomic mass is 10.0. The summed E-state index contributed by atoms with van der Waals surface area (Å²) in [4.78, 5) is 29.1. The normalized spacial score (nSPS) is 16.5. The Balaban J connectivity index is 1.65. The molecule has 4 rings (SSSR count). The van der Waals surface area contributed by atoms with Crippen molar-refractivity contribution in [2.75, 3.05) is 56.2 Å². The standard InChI is InChI=1S/C22H29N5O2/c1-4-25(3)20-18-15-27(21(28)17-7-5-6-16(2)14-17)9-8-19(18)23-22(24-20)26-10-12-29-13-11-26/h5-7,14H,4,8-13,15H2,1-3H3. The van der Waals surface area contributed by atoms with Crippen molar-refractivity contribution in [2.45, 2.75) is 26.8 Å². The number of amides is 1. The summed E-state index contributed by atoms with van der Waals surface area (Å²) < 4.78 is 5.47. The van der Waals surface area contributed by atoms with Gasteiger partial charge in [0.15, 0.2) is 0 Å². The smallest absolute Gasteiger partial charge is 0.254 e. The summed E-state index contributed by atoms with van der Waals surface area (Å²) >= 11 is 0. The van der Waals surface area contributed by atoms with Crippen molar-refractivity contribution in [1.29, 1.82) is 0 Å². The molecular formula is C22H29N5O2. The van der Waals surface area contributed by atoms with E-state index in [0.29, 0.717) is 26.3 Å². The SMILES string of the molecule is CCN(C)c1nc(N2CCOCC2)nc2c1CN(C(=O)c1cccc(C)c1)CC2. The van der Waals surface area contributed by atoms with E-state index in [1.807, 2.05) is 43.1 Å². The average molecular weight is 396 g/mol. The van der Waals surface area contributed by atoms with E-state index < -0.39 is 0 Å². The van der Waals surface area contributed by atoms with Gasteiger partial charge in [-0.3, -0.25) is 4.79 Å². The lowest BCUT2D eigenvalue weighted by molar-refractivity contribution is 0.0733. The van der Waals surface area contributed by atoms with Gasteiger partial charge in [0.2, 0.25) is 5.95 Å². The van der Waals surface area contributed by atoms with E-state index in [2.05, 4.69) is 16.7 Å². The number of carbonyl (C=O) groups excluding carboxylic acids is 1. The molecule has 0 N–H and O–H groups in total. The van der Waals surface area contributed by atoms with Crippen LogP contribution in [0.15, 0.2) is 24.3 Å². The number of nitrogens with zero attached hydrogens (tertiary/aromatic N) is 5. The minimum Gasteiger partial charge on any atom is -0.378 e. The van der Waals surface area contributed by atoms with Gasteiger partial charge in [0, 0.05) is 50.8 Å². The summed E-state index contributed by atoms with van der Waals surface area (Å²) in [7, 11) is 2.05. The Bertz CT molecular complexity index is 895. The number of hydrogen-bond donors (Lipinski definition) is 0. The van der Waals surface area contributed by atoms with Crippen LogP contribution in [-0.4, -0.2) is 67.2 Å². The zero-order valence-corrected chi connectivity index (χ0v) is 17.5. The molecule has 1 fully saturated rings. The predicted molar refractivity (Wildman–Crippen MR) is 114 cm³/mol. The summed E-state index contributed by atoms with van der Waals surface area (Å²) in [5.41, 5.74) is 3.96. The number of anilines is 2. The Morgan fingerprint density at radius 2 is 2.00 bits per heavy atom. The van der Waals surface area contributed by atoms with Crippen LogP contribution < -0.4 is 9.80 Å². The lowest BCUT2D eigenvalue weighted by Gasteiger charge is -2.34. The Morgan fingerprint density at radius 1 is 1.21 bits per heavy atom. The third kappa shape index (κ3) is 4.05. The first-order valence-corrected chi connectivity index (χ1v) is 10.4.